The maximum absolute atomic E-state index is 13.7. The van der Waals surface area contributed by atoms with Crippen molar-refractivity contribution in [3.63, 3.8) is 0 Å². The van der Waals surface area contributed by atoms with Crippen LogP contribution < -0.4 is 19.3 Å². The lowest BCUT2D eigenvalue weighted by atomic mass is 10.1. The smallest absolute Gasteiger partial charge is 0.299 e. The molecule has 1 aromatic heterocycles. The Morgan fingerprint density at radius 1 is 0.974 bits per heavy atom. The first-order valence-corrected chi connectivity index (χ1v) is 11.5. The summed E-state index contributed by atoms with van der Waals surface area (Å²) in [6.45, 7) is -0.102. The first-order chi connectivity index (χ1) is 18.0. The van der Waals surface area contributed by atoms with Gasteiger partial charge in [0.25, 0.3) is 11.7 Å². The fourth-order valence-electron chi connectivity index (χ4n) is 4.32. The Balaban J connectivity index is 0.00000336. The van der Waals surface area contributed by atoms with Crippen molar-refractivity contribution in [3.05, 3.63) is 90.4 Å². The number of carbonyl (C=O) groups excluding carboxylic acids is 3. The van der Waals surface area contributed by atoms with E-state index in [0.29, 0.717) is 28.4 Å². The second kappa shape index (κ2) is 11.2. The Kier molecular flexibility index (Phi) is 7.78. The number of imidazole rings is 1. The SMILES string of the molecule is COc1cc(CN(C(=O)CN2C(=O)C(=O)c3ccccc32)c2ccc(-c3c[nH]cn3)cc2)cc(OC)c1.Cl. The molecule has 194 valence electrons. The Morgan fingerprint density at radius 3 is 2.29 bits per heavy atom. The lowest BCUT2D eigenvalue weighted by Gasteiger charge is -2.26. The first-order valence-electron chi connectivity index (χ1n) is 11.5. The number of fused-ring (bicyclic) bond motifs is 1. The number of para-hydroxylation sites is 1. The van der Waals surface area contributed by atoms with Crippen LogP contribution in [0.25, 0.3) is 11.3 Å². The lowest BCUT2D eigenvalue weighted by molar-refractivity contribution is -0.120. The normalized spacial score (nSPS) is 12.1. The molecule has 1 aliphatic heterocycles. The van der Waals surface area contributed by atoms with Gasteiger partial charge in [-0.05, 0) is 42.0 Å². The van der Waals surface area contributed by atoms with Gasteiger partial charge in [-0.2, -0.15) is 0 Å². The van der Waals surface area contributed by atoms with Crippen molar-refractivity contribution in [1.29, 1.82) is 0 Å². The van der Waals surface area contributed by atoms with Crippen molar-refractivity contribution in [2.45, 2.75) is 6.54 Å². The van der Waals surface area contributed by atoms with E-state index in [1.165, 1.54) is 4.90 Å². The molecule has 5 rings (SSSR count). The number of hydrogen-bond acceptors (Lipinski definition) is 6. The molecule has 0 bridgehead atoms. The third-order valence-corrected chi connectivity index (χ3v) is 6.20. The summed E-state index contributed by atoms with van der Waals surface area (Å²) >= 11 is 0. The van der Waals surface area contributed by atoms with E-state index in [1.54, 1.807) is 62.0 Å². The molecule has 4 aromatic rings. The van der Waals surface area contributed by atoms with Crippen molar-refractivity contribution >= 4 is 41.4 Å². The molecule has 9 nitrogen and oxygen atoms in total. The van der Waals surface area contributed by atoms with Crippen LogP contribution in [-0.4, -0.2) is 48.3 Å². The quantitative estimate of drug-likeness (QED) is 0.340. The Morgan fingerprint density at radius 2 is 1.66 bits per heavy atom. The summed E-state index contributed by atoms with van der Waals surface area (Å²) < 4.78 is 10.8. The van der Waals surface area contributed by atoms with Crippen LogP contribution in [0.15, 0.2) is 79.3 Å². The minimum atomic E-state index is -0.716. The summed E-state index contributed by atoms with van der Waals surface area (Å²) in [4.78, 5) is 48.9. The summed E-state index contributed by atoms with van der Waals surface area (Å²) in [5.41, 5.74) is 3.78. The van der Waals surface area contributed by atoms with Crippen LogP contribution in [0.4, 0.5) is 11.4 Å². The minimum absolute atomic E-state index is 0. The molecule has 0 saturated carbocycles. The number of aromatic amines is 1. The molecule has 0 spiro atoms. The average Bonchev–Trinajstić information content (AvgIpc) is 3.56. The second-order valence-electron chi connectivity index (χ2n) is 8.44. The molecule has 0 unspecified atom stereocenters. The molecule has 2 heterocycles. The number of hydrogen-bond donors (Lipinski definition) is 1. The highest BCUT2D eigenvalue weighted by Crippen LogP contribution is 2.30. The van der Waals surface area contributed by atoms with Crippen LogP contribution >= 0.6 is 12.4 Å². The van der Waals surface area contributed by atoms with Gasteiger partial charge in [-0.15, -0.1) is 12.4 Å². The topological polar surface area (TPSA) is 105 Å². The van der Waals surface area contributed by atoms with Gasteiger partial charge in [0.05, 0.1) is 44.0 Å². The molecule has 3 aromatic carbocycles. The Labute approximate surface area is 225 Å². The molecular formula is C28H25ClN4O5. The summed E-state index contributed by atoms with van der Waals surface area (Å²) in [5.74, 6) is -0.510. The average molecular weight is 533 g/mol. The van der Waals surface area contributed by atoms with Gasteiger partial charge in [0, 0.05) is 23.5 Å². The molecule has 0 saturated heterocycles. The number of amides is 2. The van der Waals surface area contributed by atoms with E-state index in [-0.39, 0.29) is 31.4 Å². The lowest BCUT2D eigenvalue weighted by Crippen LogP contribution is -2.42. The second-order valence-corrected chi connectivity index (χ2v) is 8.44. The molecule has 0 atom stereocenters. The zero-order valence-electron chi connectivity index (χ0n) is 20.7. The van der Waals surface area contributed by atoms with E-state index < -0.39 is 11.7 Å². The van der Waals surface area contributed by atoms with Crippen molar-refractivity contribution in [3.8, 4) is 22.8 Å². The van der Waals surface area contributed by atoms with Crippen LogP contribution in [0.3, 0.4) is 0 Å². The highest BCUT2D eigenvalue weighted by atomic mass is 35.5. The van der Waals surface area contributed by atoms with Crippen molar-refractivity contribution in [2.24, 2.45) is 0 Å². The third-order valence-electron chi connectivity index (χ3n) is 6.20. The fourth-order valence-corrected chi connectivity index (χ4v) is 4.32. The van der Waals surface area contributed by atoms with Gasteiger partial charge >= 0.3 is 0 Å². The summed E-state index contributed by atoms with van der Waals surface area (Å²) in [7, 11) is 3.12. The number of methoxy groups -OCH3 is 2. The summed E-state index contributed by atoms with van der Waals surface area (Å²) in [6, 6.07) is 19.5. The highest BCUT2D eigenvalue weighted by Gasteiger charge is 2.37. The van der Waals surface area contributed by atoms with Crippen molar-refractivity contribution < 1.29 is 23.9 Å². The standard InChI is InChI=1S/C28H24N4O5.ClH/c1-36-21-11-18(12-22(13-21)37-2)15-31(20-9-7-19(8-10-20)24-14-29-17-30-24)26(33)16-32-25-6-4-3-5-23(25)27(34)28(32)35;/h3-14,17H,15-16H2,1-2H3,(H,29,30);1H. The van der Waals surface area contributed by atoms with Crippen LogP contribution in [0.2, 0.25) is 0 Å². The first kappa shape index (κ1) is 26.4. The number of H-pyrrole nitrogens is 1. The number of carbonyl (C=O) groups is 3. The molecule has 2 amide bonds. The number of ether oxygens (including phenoxy) is 2. The summed E-state index contributed by atoms with van der Waals surface area (Å²) in [6.07, 6.45) is 3.38. The van der Waals surface area contributed by atoms with Crippen LogP contribution in [0.5, 0.6) is 11.5 Å². The number of aromatic nitrogens is 2. The number of nitrogens with one attached hydrogen (secondary N) is 1. The van der Waals surface area contributed by atoms with Gasteiger partial charge in [0.15, 0.2) is 0 Å². The Hall–Kier alpha value is -4.63. The number of benzene rings is 3. The van der Waals surface area contributed by atoms with E-state index in [1.807, 2.05) is 36.4 Å². The highest BCUT2D eigenvalue weighted by molar-refractivity contribution is 6.52. The van der Waals surface area contributed by atoms with E-state index in [9.17, 15) is 14.4 Å². The number of halogens is 1. The largest absolute Gasteiger partial charge is 0.497 e. The third kappa shape index (κ3) is 5.09. The van der Waals surface area contributed by atoms with E-state index in [0.717, 1.165) is 16.8 Å². The number of rotatable bonds is 8. The van der Waals surface area contributed by atoms with E-state index >= 15 is 0 Å². The van der Waals surface area contributed by atoms with Crippen LogP contribution in [0.1, 0.15) is 15.9 Å². The number of nitrogens with zero attached hydrogens (tertiary/aromatic N) is 3. The Bertz CT molecular complexity index is 1450. The molecule has 0 radical (unpaired) electrons. The molecule has 38 heavy (non-hydrogen) atoms. The monoisotopic (exact) mass is 532 g/mol. The fraction of sp³-hybridized carbons (Fsp3) is 0.143. The molecule has 1 aliphatic rings. The molecule has 0 aliphatic carbocycles. The number of Topliss-reactive ketones (excluding diaryl/α,β-unsaturated/α-hetero) is 1. The van der Waals surface area contributed by atoms with Gasteiger partial charge in [0.1, 0.15) is 18.0 Å². The zero-order chi connectivity index (χ0) is 25.9. The van der Waals surface area contributed by atoms with E-state index in [4.69, 9.17) is 9.47 Å². The van der Waals surface area contributed by atoms with Gasteiger partial charge in [-0.3, -0.25) is 19.3 Å². The number of ketones is 1. The van der Waals surface area contributed by atoms with Gasteiger partial charge in [-0.1, -0.05) is 24.3 Å². The predicted molar refractivity (Wildman–Crippen MR) is 145 cm³/mol. The van der Waals surface area contributed by atoms with Gasteiger partial charge < -0.3 is 19.4 Å². The minimum Gasteiger partial charge on any atom is -0.497 e. The predicted octanol–water partition coefficient (Wildman–Crippen LogP) is 4.28. The molecular weight excluding hydrogens is 508 g/mol. The maximum Gasteiger partial charge on any atom is 0.299 e. The van der Waals surface area contributed by atoms with E-state index in [2.05, 4.69) is 9.97 Å². The molecule has 10 heteroatoms. The number of anilines is 2. The van der Waals surface area contributed by atoms with Crippen LogP contribution in [0, 0.1) is 0 Å². The van der Waals surface area contributed by atoms with Crippen molar-refractivity contribution in [2.75, 3.05) is 30.6 Å². The van der Waals surface area contributed by atoms with Crippen LogP contribution in [-0.2, 0) is 16.1 Å². The maximum atomic E-state index is 13.7. The molecule has 1 N–H and O–H groups in total. The van der Waals surface area contributed by atoms with Gasteiger partial charge in [0.2, 0.25) is 5.91 Å². The van der Waals surface area contributed by atoms with Gasteiger partial charge in [-0.25, -0.2) is 4.98 Å². The summed E-state index contributed by atoms with van der Waals surface area (Å²) in [5, 5.41) is 0. The molecule has 0 fully saturated rings. The zero-order valence-corrected chi connectivity index (χ0v) is 21.5. The van der Waals surface area contributed by atoms with Crippen molar-refractivity contribution in [1.82, 2.24) is 9.97 Å².